The Hall–Kier alpha value is -2.65. The van der Waals surface area contributed by atoms with Crippen LogP contribution >= 0.6 is 0 Å². The van der Waals surface area contributed by atoms with E-state index in [2.05, 4.69) is 4.98 Å². The molecule has 2 rings (SSSR count). The van der Waals surface area contributed by atoms with Crippen LogP contribution in [0.1, 0.15) is 20.7 Å². The van der Waals surface area contributed by atoms with Crippen LogP contribution in [0.4, 0.5) is 32.0 Å². The summed E-state index contributed by atoms with van der Waals surface area (Å²) in [6.07, 6.45) is -9.51. The van der Waals surface area contributed by atoms with Crippen LogP contribution in [0.5, 0.6) is 0 Å². The van der Waals surface area contributed by atoms with E-state index in [1.54, 1.807) is 0 Å². The number of nitrogens with zero attached hydrogens (tertiary/aromatic N) is 2. The second-order valence-corrected chi connectivity index (χ2v) is 5.27. The van der Waals surface area contributed by atoms with E-state index >= 15 is 0 Å². The Morgan fingerprint density at radius 2 is 1.48 bits per heavy atom. The SMILES string of the molecule is CN(C)c1c(C(=O)C(F)(F)F)cc(C(=O)C(F)(F)F)c2cccnc12. The highest BCUT2D eigenvalue weighted by atomic mass is 19.4. The van der Waals surface area contributed by atoms with Gasteiger partial charge in [0.2, 0.25) is 0 Å². The van der Waals surface area contributed by atoms with Crippen LogP contribution in [-0.2, 0) is 0 Å². The molecular formula is C15H10F6N2O2. The lowest BCUT2D eigenvalue weighted by atomic mass is 9.96. The van der Waals surface area contributed by atoms with Gasteiger partial charge in [-0.15, -0.1) is 0 Å². The zero-order valence-electron chi connectivity index (χ0n) is 12.8. The molecule has 0 amide bonds. The first-order valence-corrected chi connectivity index (χ1v) is 6.67. The topological polar surface area (TPSA) is 50.3 Å². The highest BCUT2D eigenvalue weighted by molar-refractivity contribution is 6.18. The number of aromatic nitrogens is 1. The predicted octanol–water partition coefficient (Wildman–Crippen LogP) is 3.79. The number of ketones is 2. The molecule has 0 aliphatic rings. The van der Waals surface area contributed by atoms with Crippen molar-refractivity contribution in [2.45, 2.75) is 12.4 Å². The molecule has 0 fully saturated rings. The predicted molar refractivity (Wildman–Crippen MR) is 76.8 cm³/mol. The number of alkyl halides is 6. The Bertz CT molecular complexity index is 855. The van der Waals surface area contributed by atoms with E-state index in [4.69, 9.17) is 0 Å². The van der Waals surface area contributed by atoms with Crippen molar-refractivity contribution in [3.05, 3.63) is 35.5 Å². The summed E-state index contributed by atoms with van der Waals surface area (Å²) in [7, 11) is 2.61. The number of rotatable bonds is 3. The maximum Gasteiger partial charge on any atom is 0.454 e. The lowest BCUT2D eigenvalue weighted by Crippen LogP contribution is -2.28. The lowest BCUT2D eigenvalue weighted by Gasteiger charge is -2.21. The van der Waals surface area contributed by atoms with Crippen molar-refractivity contribution in [2.24, 2.45) is 0 Å². The third-order valence-electron chi connectivity index (χ3n) is 3.32. The summed E-state index contributed by atoms with van der Waals surface area (Å²) in [5.41, 5.74) is -2.77. The second kappa shape index (κ2) is 6.01. The lowest BCUT2D eigenvalue weighted by molar-refractivity contribution is -0.0886. The number of pyridine rings is 1. The molecule has 134 valence electrons. The van der Waals surface area contributed by atoms with E-state index in [1.807, 2.05) is 0 Å². The number of fused-ring (bicyclic) bond motifs is 1. The Morgan fingerprint density at radius 3 is 1.96 bits per heavy atom. The standard InChI is InChI=1S/C15H10F6N2O2/c1-23(2)11-9(13(25)15(19,20)21)6-8(12(24)14(16,17)18)7-4-3-5-22-10(7)11/h3-6H,1-2H3. The van der Waals surface area contributed by atoms with E-state index in [0.717, 1.165) is 17.2 Å². The summed E-state index contributed by atoms with van der Waals surface area (Å²) < 4.78 is 77.0. The summed E-state index contributed by atoms with van der Waals surface area (Å²) in [6, 6.07) is 2.68. The maximum absolute atomic E-state index is 12.8. The number of carbonyl (C=O) groups excluding carboxylic acids is 2. The zero-order valence-corrected chi connectivity index (χ0v) is 12.8. The zero-order chi connectivity index (χ0) is 19.2. The average Bonchev–Trinajstić information content (AvgIpc) is 2.49. The molecule has 1 heterocycles. The molecule has 0 unspecified atom stereocenters. The van der Waals surface area contributed by atoms with Crippen LogP contribution in [0.2, 0.25) is 0 Å². The van der Waals surface area contributed by atoms with Crippen molar-refractivity contribution in [1.82, 2.24) is 4.98 Å². The molecule has 25 heavy (non-hydrogen) atoms. The molecule has 0 radical (unpaired) electrons. The number of carbonyl (C=O) groups is 2. The number of anilines is 1. The van der Waals surface area contributed by atoms with Gasteiger partial charge in [-0.1, -0.05) is 6.07 Å². The molecular weight excluding hydrogens is 354 g/mol. The summed E-state index contributed by atoms with van der Waals surface area (Å²) in [5.74, 6) is -4.72. The highest BCUT2D eigenvalue weighted by Crippen LogP contribution is 2.37. The van der Waals surface area contributed by atoms with E-state index in [1.165, 1.54) is 20.2 Å². The van der Waals surface area contributed by atoms with E-state index in [0.29, 0.717) is 6.07 Å². The number of hydrogen-bond acceptors (Lipinski definition) is 4. The van der Waals surface area contributed by atoms with Crippen LogP contribution in [0.25, 0.3) is 10.9 Å². The van der Waals surface area contributed by atoms with Crippen molar-refractivity contribution in [1.29, 1.82) is 0 Å². The first-order chi connectivity index (χ1) is 11.4. The monoisotopic (exact) mass is 364 g/mol. The minimum Gasteiger partial charge on any atom is -0.375 e. The number of Topliss-reactive ketones (excluding diaryl/α,β-unsaturated/α-hetero) is 2. The molecule has 0 saturated heterocycles. The van der Waals surface area contributed by atoms with Crippen molar-refractivity contribution in [3.63, 3.8) is 0 Å². The Labute approximate surface area is 137 Å². The Morgan fingerprint density at radius 1 is 0.960 bits per heavy atom. The molecule has 0 N–H and O–H groups in total. The third-order valence-corrected chi connectivity index (χ3v) is 3.32. The minimum absolute atomic E-state index is 0.299. The summed E-state index contributed by atoms with van der Waals surface area (Å²) in [5, 5.41) is -0.299. The molecule has 0 spiro atoms. The molecule has 0 atom stereocenters. The van der Waals surface area contributed by atoms with Gasteiger partial charge in [-0.25, -0.2) is 0 Å². The number of hydrogen-bond donors (Lipinski definition) is 0. The van der Waals surface area contributed by atoms with Crippen LogP contribution in [0.15, 0.2) is 24.4 Å². The fourth-order valence-corrected chi connectivity index (χ4v) is 2.35. The van der Waals surface area contributed by atoms with Crippen LogP contribution in [0.3, 0.4) is 0 Å². The smallest absolute Gasteiger partial charge is 0.375 e. The van der Waals surface area contributed by atoms with Gasteiger partial charge in [0, 0.05) is 31.2 Å². The Balaban J connectivity index is 2.95. The van der Waals surface area contributed by atoms with Gasteiger partial charge in [-0.05, 0) is 12.1 Å². The quantitative estimate of drug-likeness (QED) is 0.614. The molecule has 0 bridgehead atoms. The molecule has 4 nitrogen and oxygen atoms in total. The number of benzene rings is 1. The molecule has 10 heteroatoms. The van der Waals surface area contributed by atoms with Crippen molar-refractivity contribution >= 4 is 28.2 Å². The molecule has 0 aliphatic carbocycles. The second-order valence-electron chi connectivity index (χ2n) is 5.27. The summed E-state index contributed by atoms with van der Waals surface area (Å²) in [4.78, 5) is 28.2. The molecule has 0 saturated carbocycles. The van der Waals surface area contributed by atoms with Crippen molar-refractivity contribution < 1.29 is 35.9 Å². The van der Waals surface area contributed by atoms with Gasteiger partial charge in [-0.3, -0.25) is 14.6 Å². The minimum atomic E-state index is -5.33. The maximum atomic E-state index is 12.8. The van der Waals surface area contributed by atoms with Crippen molar-refractivity contribution in [2.75, 3.05) is 19.0 Å². The molecule has 2 aromatic rings. The van der Waals surface area contributed by atoms with Gasteiger partial charge in [0.1, 0.15) is 0 Å². The normalized spacial score (nSPS) is 12.3. The Kier molecular flexibility index (Phi) is 4.49. The van der Waals surface area contributed by atoms with Crippen LogP contribution in [0, 0.1) is 0 Å². The largest absolute Gasteiger partial charge is 0.454 e. The van der Waals surface area contributed by atoms with Gasteiger partial charge in [0.15, 0.2) is 0 Å². The average molecular weight is 364 g/mol. The number of halogens is 6. The fraction of sp³-hybridized carbons (Fsp3) is 0.267. The van der Waals surface area contributed by atoms with Gasteiger partial charge < -0.3 is 4.90 Å². The summed E-state index contributed by atoms with van der Waals surface area (Å²) in [6.45, 7) is 0. The summed E-state index contributed by atoms with van der Waals surface area (Å²) >= 11 is 0. The highest BCUT2D eigenvalue weighted by Gasteiger charge is 2.44. The van der Waals surface area contributed by atoms with E-state index in [-0.39, 0.29) is 16.6 Å². The van der Waals surface area contributed by atoms with Crippen molar-refractivity contribution in [3.8, 4) is 0 Å². The molecule has 1 aromatic carbocycles. The van der Waals surface area contributed by atoms with E-state index in [9.17, 15) is 35.9 Å². The fourth-order valence-electron chi connectivity index (χ4n) is 2.35. The van der Waals surface area contributed by atoms with Gasteiger partial charge in [0.25, 0.3) is 11.6 Å². The van der Waals surface area contributed by atoms with Gasteiger partial charge in [-0.2, -0.15) is 26.3 Å². The van der Waals surface area contributed by atoms with Gasteiger partial charge in [0.05, 0.1) is 16.8 Å². The third kappa shape index (κ3) is 3.42. The van der Waals surface area contributed by atoms with Crippen LogP contribution in [-0.4, -0.2) is 43.0 Å². The first-order valence-electron chi connectivity index (χ1n) is 6.67. The van der Waals surface area contributed by atoms with E-state index < -0.39 is 35.0 Å². The van der Waals surface area contributed by atoms with Gasteiger partial charge >= 0.3 is 12.4 Å². The molecule has 0 aliphatic heterocycles. The van der Waals surface area contributed by atoms with Crippen LogP contribution < -0.4 is 4.90 Å². The first kappa shape index (κ1) is 18.7. The molecule has 1 aromatic heterocycles.